The molecule has 9 aromatic rings. The lowest BCUT2D eigenvalue weighted by molar-refractivity contribution is 0.669. The van der Waals surface area contributed by atoms with Gasteiger partial charge in [0.15, 0.2) is 17.5 Å². The summed E-state index contributed by atoms with van der Waals surface area (Å²) in [5.41, 5.74) is 9.19. The van der Waals surface area contributed by atoms with Gasteiger partial charge in [0.1, 0.15) is 11.2 Å². The predicted molar refractivity (Wildman–Crippen MR) is 192 cm³/mol. The molecule has 0 fully saturated rings. The van der Waals surface area contributed by atoms with Crippen molar-refractivity contribution in [2.24, 2.45) is 0 Å². The summed E-state index contributed by atoms with van der Waals surface area (Å²) in [6, 6.07) is 56.3. The van der Waals surface area contributed by atoms with Crippen LogP contribution >= 0.6 is 0 Å². The highest BCUT2D eigenvalue weighted by molar-refractivity contribution is 6.18. The van der Waals surface area contributed by atoms with Gasteiger partial charge in [-0.15, -0.1) is 0 Å². The Morgan fingerprint density at radius 2 is 0.787 bits per heavy atom. The molecule has 0 radical (unpaired) electrons. The maximum absolute atomic E-state index is 6.34. The van der Waals surface area contributed by atoms with Crippen LogP contribution in [0.1, 0.15) is 0 Å². The van der Waals surface area contributed by atoms with Gasteiger partial charge in [-0.2, -0.15) is 0 Å². The predicted octanol–water partition coefficient (Wildman–Crippen LogP) is 11.3. The molecular formula is C43H27N3O. The second kappa shape index (κ2) is 11.2. The van der Waals surface area contributed by atoms with Crippen LogP contribution in [0.3, 0.4) is 0 Å². The number of hydrogen-bond acceptors (Lipinski definition) is 4. The molecule has 4 heteroatoms. The monoisotopic (exact) mass is 601 g/mol. The molecule has 0 atom stereocenters. The molecule has 0 N–H and O–H groups in total. The van der Waals surface area contributed by atoms with Crippen molar-refractivity contribution in [2.45, 2.75) is 0 Å². The van der Waals surface area contributed by atoms with E-state index in [1.54, 1.807) is 0 Å². The van der Waals surface area contributed by atoms with E-state index in [-0.39, 0.29) is 0 Å². The molecule has 2 aromatic heterocycles. The van der Waals surface area contributed by atoms with E-state index in [1.165, 1.54) is 0 Å². The van der Waals surface area contributed by atoms with E-state index in [0.29, 0.717) is 17.5 Å². The van der Waals surface area contributed by atoms with E-state index in [4.69, 9.17) is 19.4 Å². The summed E-state index contributed by atoms with van der Waals surface area (Å²) in [7, 11) is 0. The van der Waals surface area contributed by atoms with Crippen molar-refractivity contribution in [1.29, 1.82) is 0 Å². The zero-order valence-corrected chi connectivity index (χ0v) is 25.3. The molecule has 7 aromatic carbocycles. The van der Waals surface area contributed by atoms with Crippen molar-refractivity contribution in [3.05, 3.63) is 164 Å². The number of fused-ring (bicyclic) bond motifs is 4. The zero-order chi connectivity index (χ0) is 31.2. The fourth-order valence-electron chi connectivity index (χ4n) is 6.60. The maximum Gasteiger partial charge on any atom is 0.164 e. The molecule has 4 nitrogen and oxygen atoms in total. The average molecular weight is 602 g/mol. The van der Waals surface area contributed by atoms with E-state index in [0.717, 1.165) is 71.7 Å². The van der Waals surface area contributed by atoms with Crippen molar-refractivity contribution in [1.82, 2.24) is 15.0 Å². The summed E-state index contributed by atoms with van der Waals surface area (Å²) in [4.78, 5) is 15.0. The molecule has 47 heavy (non-hydrogen) atoms. The van der Waals surface area contributed by atoms with Gasteiger partial charge < -0.3 is 4.42 Å². The number of benzene rings is 7. The quantitative estimate of drug-likeness (QED) is 0.197. The van der Waals surface area contributed by atoms with Gasteiger partial charge in [-0.1, -0.05) is 140 Å². The van der Waals surface area contributed by atoms with E-state index in [9.17, 15) is 0 Å². The van der Waals surface area contributed by atoms with Gasteiger partial charge in [-0.3, -0.25) is 0 Å². The molecule has 220 valence electrons. The summed E-state index contributed by atoms with van der Waals surface area (Å²) in [6.45, 7) is 0. The first-order valence-electron chi connectivity index (χ1n) is 15.7. The van der Waals surface area contributed by atoms with Gasteiger partial charge >= 0.3 is 0 Å². The number of para-hydroxylation sites is 1. The van der Waals surface area contributed by atoms with Crippen LogP contribution in [0.15, 0.2) is 168 Å². The fourth-order valence-corrected chi connectivity index (χ4v) is 6.60. The summed E-state index contributed by atoms with van der Waals surface area (Å²) in [5.74, 6) is 1.93. The number of rotatable bonds is 5. The minimum Gasteiger partial charge on any atom is -0.456 e. The molecule has 0 saturated carbocycles. The molecular weight excluding hydrogens is 574 g/mol. The highest BCUT2D eigenvalue weighted by Gasteiger charge is 2.20. The van der Waals surface area contributed by atoms with Crippen LogP contribution in [0.4, 0.5) is 0 Å². The van der Waals surface area contributed by atoms with Crippen LogP contribution in [-0.4, -0.2) is 15.0 Å². The summed E-state index contributed by atoms with van der Waals surface area (Å²) in [5, 5.41) is 4.42. The number of furan rings is 1. The van der Waals surface area contributed by atoms with E-state index in [1.807, 2.05) is 72.8 Å². The first-order chi connectivity index (χ1) is 23.3. The average Bonchev–Trinajstić information content (AvgIpc) is 3.54. The molecule has 0 saturated heterocycles. The Balaban J connectivity index is 1.30. The third-order valence-electron chi connectivity index (χ3n) is 8.76. The van der Waals surface area contributed by atoms with Crippen molar-refractivity contribution < 1.29 is 4.42 Å². The first-order valence-corrected chi connectivity index (χ1v) is 15.7. The topological polar surface area (TPSA) is 51.8 Å². The van der Waals surface area contributed by atoms with E-state index in [2.05, 4.69) is 91.0 Å². The summed E-state index contributed by atoms with van der Waals surface area (Å²) >= 11 is 0. The van der Waals surface area contributed by atoms with Crippen molar-refractivity contribution in [2.75, 3.05) is 0 Å². The third kappa shape index (κ3) is 4.66. The van der Waals surface area contributed by atoms with Gasteiger partial charge in [-0.05, 0) is 51.7 Å². The van der Waals surface area contributed by atoms with Crippen molar-refractivity contribution >= 4 is 32.7 Å². The zero-order valence-electron chi connectivity index (χ0n) is 25.3. The Hall–Kier alpha value is -6.39. The van der Waals surface area contributed by atoms with Gasteiger partial charge in [0.2, 0.25) is 0 Å². The van der Waals surface area contributed by atoms with Crippen LogP contribution < -0.4 is 0 Å². The molecule has 2 heterocycles. The summed E-state index contributed by atoms with van der Waals surface area (Å²) < 4.78 is 6.34. The lowest BCUT2D eigenvalue weighted by Crippen LogP contribution is -2.00. The lowest BCUT2D eigenvalue weighted by atomic mass is 9.87. The van der Waals surface area contributed by atoms with Crippen LogP contribution in [0.2, 0.25) is 0 Å². The van der Waals surface area contributed by atoms with Gasteiger partial charge in [-0.25, -0.2) is 15.0 Å². The highest BCUT2D eigenvalue weighted by Crippen LogP contribution is 2.45. The SMILES string of the molecule is c1ccc(-c2nc(-c3ccccc3)nc(-c3ccc(-c4ccc5oc6ccccc6c5c4-c4ccccc4)c4ccccc34)n2)cc1. The van der Waals surface area contributed by atoms with Gasteiger partial charge in [0.05, 0.1) is 0 Å². The standard InChI is InChI=1S/C43H27N3O/c1-4-14-28(15-5-1)39-34(26-27-38-40(39)36-22-12-13-23-37(36)47-38)33-24-25-35(32-21-11-10-20-31(32)33)43-45-41(29-16-6-2-7-17-29)44-42(46-43)30-18-8-3-9-19-30/h1-27H. The van der Waals surface area contributed by atoms with Gasteiger partial charge in [0.25, 0.3) is 0 Å². The molecule has 0 spiro atoms. The smallest absolute Gasteiger partial charge is 0.164 e. The molecule has 9 rings (SSSR count). The van der Waals surface area contributed by atoms with E-state index >= 15 is 0 Å². The number of nitrogens with zero attached hydrogens (tertiary/aromatic N) is 3. The second-order valence-corrected chi connectivity index (χ2v) is 11.6. The molecule has 0 aliphatic carbocycles. The van der Waals surface area contributed by atoms with Crippen LogP contribution in [-0.2, 0) is 0 Å². The summed E-state index contributed by atoms with van der Waals surface area (Å²) in [6.07, 6.45) is 0. The Morgan fingerprint density at radius 1 is 0.319 bits per heavy atom. The highest BCUT2D eigenvalue weighted by atomic mass is 16.3. The van der Waals surface area contributed by atoms with Crippen LogP contribution in [0.25, 0.3) is 89.1 Å². The molecule has 0 aliphatic heterocycles. The molecule has 0 unspecified atom stereocenters. The minimum atomic E-state index is 0.639. The van der Waals surface area contributed by atoms with Gasteiger partial charge in [0, 0.05) is 33.0 Å². The third-order valence-corrected chi connectivity index (χ3v) is 8.76. The Kier molecular flexibility index (Phi) is 6.43. The largest absolute Gasteiger partial charge is 0.456 e. The van der Waals surface area contributed by atoms with Crippen LogP contribution in [0.5, 0.6) is 0 Å². The fraction of sp³-hybridized carbons (Fsp3) is 0. The normalized spacial score (nSPS) is 11.4. The molecule has 0 amide bonds. The molecule has 0 bridgehead atoms. The van der Waals surface area contributed by atoms with Crippen molar-refractivity contribution in [3.8, 4) is 56.4 Å². The second-order valence-electron chi connectivity index (χ2n) is 11.6. The molecule has 0 aliphatic rings. The number of aromatic nitrogens is 3. The number of hydrogen-bond donors (Lipinski definition) is 0. The Morgan fingerprint density at radius 3 is 1.43 bits per heavy atom. The maximum atomic E-state index is 6.34. The minimum absolute atomic E-state index is 0.639. The Bertz CT molecular complexity index is 2500. The first kappa shape index (κ1) is 27.0. The van der Waals surface area contributed by atoms with E-state index < -0.39 is 0 Å². The van der Waals surface area contributed by atoms with Crippen molar-refractivity contribution in [3.63, 3.8) is 0 Å². The Labute approximate surface area is 271 Å². The van der Waals surface area contributed by atoms with Crippen LogP contribution in [0, 0.1) is 0 Å². The lowest BCUT2D eigenvalue weighted by Gasteiger charge is -2.16.